The molecule has 0 bridgehead atoms. The monoisotopic (exact) mass is 342 g/mol. The third-order valence-corrected chi connectivity index (χ3v) is 4.17. The van der Waals surface area contributed by atoms with Gasteiger partial charge in [-0.25, -0.2) is 0 Å². The fraction of sp³-hybridized carbons (Fsp3) is 0.600. The maximum atomic E-state index is 10.1. The average molecular weight is 343 g/mol. The number of likely N-dealkylation sites (N-methyl/N-ethyl adjacent to an activating group) is 1. The first-order valence-electron chi connectivity index (χ1n) is 7.18. The van der Waals surface area contributed by atoms with Crippen molar-refractivity contribution in [3.8, 4) is 5.75 Å². The minimum atomic E-state index is -0.438. The van der Waals surface area contributed by atoms with Gasteiger partial charge in [0.2, 0.25) is 0 Å². The molecular formula is C15H23BrN2O2. The molecule has 0 amide bonds. The van der Waals surface area contributed by atoms with Crippen molar-refractivity contribution in [2.75, 3.05) is 45.9 Å². The van der Waals surface area contributed by atoms with E-state index in [-0.39, 0.29) is 0 Å². The Kier molecular flexibility index (Phi) is 6.29. The summed E-state index contributed by atoms with van der Waals surface area (Å²) in [5, 5.41) is 10.1. The molecule has 1 aliphatic heterocycles. The summed E-state index contributed by atoms with van der Waals surface area (Å²) in [6.45, 7) is 8.59. The van der Waals surface area contributed by atoms with Gasteiger partial charge in [0.1, 0.15) is 18.5 Å². The minimum Gasteiger partial charge on any atom is -0.491 e. The number of rotatable bonds is 6. The van der Waals surface area contributed by atoms with Gasteiger partial charge in [0.25, 0.3) is 0 Å². The summed E-state index contributed by atoms with van der Waals surface area (Å²) in [5.41, 5.74) is 0. The van der Waals surface area contributed by atoms with Gasteiger partial charge in [-0.3, -0.25) is 4.90 Å². The Balaban J connectivity index is 1.68. The standard InChI is InChI=1S/C15H23BrN2O2/c1-2-17-7-9-18(10-8-17)11-14(19)12-20-15-5-3-13(16)4-6-15/h3-6,14,19H,2,7-12H2,1H3/t14-/m1/s1. The highest BCUT2D eigenvalue weighted by molar-refractivity contribution is 9.10. The van der Waals surface area contributed by atoms with Crippen LogP contribution in [0, 0.1) is 0 Å². The van der Waals surface area contributed by atoms with Crippen molar-refractivity contribution in [3.05, 3.63) is 28.7 Å². The number of aliphatic hydroxyl groups is 1. The maximum Gasteiger partial charge on any atom is 0.119 e. The second-order valence-corrected chi connectivity index (χ2v) is 6.07. The lowest BCUT2D eigenvalue weighted by Gasteiger charge is -2.34. The molecule has 1 aromatic rings. The van der Waals surface area contributed by atoms with E-state index in [1.807, 2.05) is 24.3 Å². The zero-order chi connectivity index (χ0) is 14.4. The van der Waals surface area contributed by atoms with Gasteiger partial charge in [-0.1, -0.05) is 22.9 Å². The molecular weight excluding hydrogens is 320 g/mol. The predicted molar refractivity (Wildman–Crippen MR) is 84.2 cm³/mol. The Bertz CT molecular complexity index is 391. The van der Waals surface area contributed by atoms with Gasteiger partial charge in [0, 0.05) is 37.2 Å². The molecule has 1 heterocycles. The molecule has 1 saturated heterocycles. The Morgan fingerprint density at radius 2 is 1.75 bits per heavy atom. The van der Waals surface area contributed by atoms with E-state index in [1.165, 1.54) is 0 Å². The highest BCUT2D eigenvalue weighted by Gasteiger charge is 2.18. The van der Waals surface area contributed by atoms with E-state index < -0.39 is 6.10 Å². The van der Waals surface area contributed by atoms with Crippen molar-refractivity contribution < 1.29 is 9.84 Å². The number of benzene rings is 1. The largest absolute Gasteiger partial charge is 0.491 e. The second-order valence-electron chi connectivity index (χ2n) is 5.15. The van der Waals surface area contributed by atoms with Crippen LogP contribution in [0.3, 0.4) is 0 Å². The van der Waals surface area contributed by atoms with Crippen LogP contribution >= 0.6 is 15.9 Å². The fourth-order valence-corrected chi connectivity index (χ4v) is 2.63. The minimum absolute atomic E-state index is 0.343. The van der Waals surface area contributed by atoms with Gasteiger partial charge in [0.05, 0.1) is 0 Å². The maximum absolute atomic E-state index is 10.1. The summed E-state index contributed by atoms with van der Waals surface area (Å²) in [4.78, 5) is 4.74. The van der Waals surface area contributed by atoms with Crippen molar-refractivity contribution in [1.82, 2.24) is 9.80 Å². The lowest BCUT2D eigenvalue weighted by Crippen LogP contribution is -2.49. The molecule has 1 fully saturated rings. The topological polar surface area (TPSA) is 35.9 Å². The van der Waals surface area contributed by atoms with E-state index in [0.717, 1.165) is 42.9 Å². The van der Waals surface area contributed by atoms with Crippen molar-refractivity contribution in [2.45, 2.75) is 13.0 Å². The van der Waals surface area contributed by atoms with Crippen molar-refractivity contribution in [2.24, 2.45) is 0 Å². The smallest absolute Gasteiger partial charge is 0.119 e. The fourth-order valence-electron chi connectivity index (χ4n) is 2.36. The van der Waals surface area contributed by atoms with Crippen molar-refractivity contribution >= 4 is 15.9 Å². The van der Waals surface area contributed by atoms with Gasteiger partial charge in [0.15, 0.2) is 0 Å². The van der Waals surface area contributed by atoms with Crippen LogP contribution in [-0.2, 0) is 0 Å². The summed E-state index contributed by atoms with van der Waals surface area (Å²) >= 11 is 3.39. The van der Waals surface area contributed by atoms with Crippen LogP contribution in [0.25, 0.3) is 0 Å². The van der Waals surface area contributed by atoms with Crippen LogP contribution in [0.2, 0.25) is 0 Å². The molecule has 0 saturated carbocycles. The Morgan fingerprint density at radius 3 is 2.35 bits per heavy atom. The molecule has 20 heavy (non-hydrogen) atoms. The molecule has 1 aliphatic rings. The molecule has 1 aromatic carbocycles. The molecule has 1 atom stereocenters. The number of ether oxygens (including phenoxy) is 1. The van der Waals surface area contributed by atoms with E-state index in [4.69, 9.17) is 4.74 Å². The van der Waals surface area contributed by atoms with E-state index in [2.05, 4.69) is 32.7 Å². The van der Waals surface area contributed by atoms with Crippen molar-refractivity contribution in [3.63, 3.8) is 0 Å². The molecule has 4 nitrogen and oxygen atoms in total. The Hall–Kier alpha value is -0.620. The molecule has 5 heteroatoms. The number of piperazine rings is 1. The number of hydrogen-bond acceptors (Lipinski definition) is 4. The first-order chi connectivity index (χ1) is 9.67. The Labute approximate surface area is 129 Å². The van der Waals surface area contributed by atoms with Crippen LogP contribution < -0.4 is 4.74 Å². The first-order valence-corrected chi connectivity index (χ1v) is 7.98. The quantitative estimate of drug-likeness (QED) is 0.855. The van der Waals surface area contributed by atoms with Crippen LogP contribution in [0.15, 0.2) is 28.7 Å². The normalized spacial score (nSPS) is 18.9. The highest BCUT2D eigenvalue weighted by Crippen LogP contribution is 2.16. The van der Waals surface area contributed by atoms with E-state index in [1.54, 1.807) is 0 Å². The molecule has 0 spiro atoms. The van der Waals surface area contributed by atoms with Gasteiger partial charge >= 0.3 is 0 Å². The van der Waals surface area contributed by atoms with Crippen LogP contribution in [0.4, 0.5) is 0 Å². The molecule has 1 N–H and O–H groups in total. The molecule has 0 aliphatic carbocycles. The average Bonchev–Trinajstić information content (AvgIpc) is 2.47. The van der Waals surface area contributed by atoms with Crippen LogP contribution in [0.5, 0.6) is 5.75 Å². The first kappa shape index (κ1) is 15.8. The van der Waals surface area contributed by atoms with Crippen LogP contribution in [0.1, 0.15) is 6.92 Å². The molecule has 112 valence electrons. The molecule has 0 aromatic heterocycles. The Morgan fingerprint density at radius 1 is 1.15 bits per heavy atom. The number of halogens is 1. The zero-order valence-electron chi connectivity index (χ0n) is 12.0. The summed E-state index contributed by atoms with van der Waals surface area (Å²) in [6.07, 6.45) is -0.438. The third kappa shape index (κ3) is 5.05. The van der Waals surface area contributed by atoms with E-state index in [0.29, 0.717) is 13.2 Å². The van der Waals surface area contributed by atoms with Gasteiger partial charge < -0.3 is 14.7 Å². The summed E-state index contributed by atoms with van der Waals surface area (Å²) in [7, 11) is 0. The van der Waals surface area contributed by atoms with E-state index >= 15 is 0 Å². The summed E-state index contributed by atoms with van der Waals surface area (Å²) < 4.78 is 6.63. The number of nitrogens with zero attached hydrogens (tertiary/aromatic N) is 2. The SMILES string of the molecule is CCN1CCN(C[C@@H](O)COc2ccc(Br)cc2)CC1. The molecule has 0 radical (unpaired) electrons. The van der Waals surface area contributed by atoms with Crippen LogP contribution in [-0.4, -0.2) is 66.9 Å². The third-order valence-electron chi connectivity index (χ3n) is 3.64. The highest BCUT2D eigenvalue weighted by atomic mass is 79.9. The number of hydrogen-bond donors (Lipinski definition) is 1. The summed E-state index contributed by atoms with van der Waals surface area (Å²) in [6, 6.07) is 7.67. The molecule has 2 rings (SSSR count). The van der Waals surface area contributed by atoms with Crippen molar-refractivity contribution in [1.29, 1.82) is 0 Å². The number of β-amino-alcohol motifs (C(OH)–C–C–N with tert-alkyl or cyclic N) is 1. The lowest BCUT2D eigenvalue weighted by atomic mass is 10.2. The van der Waals surface area contributed by atoms with E-state index in [9.17, 15) is 5.11 Å². The van der Waals surface area contributed by atoms with Gasteiger partial charge in [-0.2, -0.15) is 0 Å². The molecule has 0 unspecified atom stereocenters. The van der Waals surface area contributed by atoms with Gasteiger partial charge in [-0.15, -0.1) is 0 Å². The summed E-state index contributed by atoms with van der Waals surface area (Å²) in [5.74, 6) is 0.794. The second kappa shape index (κ2) is 7.98. The number of aliphatic hydroxyl groups excluding tert-OH is 1. The lowest BCUT2D eigenvalue weighted by molar-refractivity contribution is 0.0471. The van der Waals surface area contributed by atoms with Gasteiger partial charge in [-0.05, 0) is 30.8 Å². The zero-order valence-corrected chi connectivity index (χ0v) is 13.6. The predicted octanol–water partition coefficient (Wildman–Crippen LogP) is 1.83.